The Morgan fingerprint density at radius 1 is 0.528 bits per heavy atom. The van der Waals surface area contributed by atoms with Crippen LogP contribution in [0.4, 0.5) is 0 Å². The highest BCUT2D eigenvalue weighted by Gasteiger charge is 2.15. The van der Waals surface area contributed by atoms with Gasteiger partial charge in [0.2, 0.25) is 5.28 Å². The van der Waals surface area contributed by atoms with Crippen molar-refractivity contribution in [2.45, 2.75) is 0 Å². The number of nitrogens with zero attached hydrogens (tertiary/aromatic N) is 3. The maximum absolute atomic E-state index is 6.43. The molecule has 0 fully saturated rings. The molecule has 0 saturated carbocycles. The molecule has 0 amide bonds. The predicted molar refractivity (Wildman–Crippen MR) is 152 cm³/mol. The van der Waals surface area contributed by atoms with Gasteiger partial charge >= 0.3 is 0 Å². The summed E-state index contributed by atoms with van der Waals surface area (Å²) in [6.07, 6.45) is 0. The fourth-order valence-corrected chi connectivity index (χ4v) is 6.09. The number of hydrogen-bond donors (Lipinski definition) is 0. The number of benzene rings is 5. The first kappa shape index (κ1) is 21.2. The van der Waals surface area contributed by atoms with E-state index in [1.54, 1.807) is 11.3 Å². The molecule has 5 heteroatoms. The summed E-state index contributed by atoms with van der Waals surface area (Å²) in [5.74, 6) is 1.15. The van der Waals surface area contributed by atoms with Crippen molar-refractivity contribution >= 4 is 53.9 Å². The molecule has 7 rings (SSSR count). The second-order valence-electron chi connectivity index (χ2n) is 8.67. The number of halogens is 1. The predicted octanol–water partition coefficient (Wildman–Crippen LogP) is 9.05. The fourth-order valence-electron chi connectivity index (χ4n) is 4.72. The first-order chi connectivity index (χ1) is 17.7. The van der Waals surface area contributed by atoms with Gasteiger partial charge in [0.15, 0.2) is 11.6 Å². The molecule has 0 spiro atoms. The first-order valence-electron chi connectivity index (χ1n) is 11.6. The average molecular weight is 500 g/mol. The van der Waals surface area contributed by atoms with Crippen LogP contribution in [0.25, 0.3) is 64.8 Å². The third kappa shape index (κ3) is 3.63. The van der Waals surface area contributed by atoms with Gasteiger partial charge in [0.05, 0.1) is 0 Å². The second kappa shape index (κ2) is 8.52. The van der Waals surface area contributed by atoms with E-state index >= 15 is 0 Å². The third-order valence-electron chi connectivity index (χ3n) is 6.46. The summed E-state index contributed by atoms with van der Waals surface area (Å²) in [4.78, 5) is 13.8. The van der Waals surface area contributed by atoms with Crippen molar-refractivity contribution in [3.8, 4) is 33.9 Å². The molecule has 0 atom stereocenters. The van der Waals surface area contributed by atoms with Gasteiger partial charge in [0.25, 0.3) is 0 Å². The van der Waals surface area contributed by atoms with Crippen molar-refractivity contribution in [1.82, 2.24) is 15.0 Å². The maximum Gasteiger partial charge on any atom is 0.226 e. The molecule has 0 aliphatic heterocycles. The smallest absolute Gasteiger partial charge is 0.208 e. The normalized spacial score (nSPS) is 11.5. The van der Waals surface area contributed by atoms with Crippen molar-refractivity contribution in [2.75, 3.05) is 0 Å². The van der Waals surface area contributed by atoms with Gasteiger partial charge < -0.3 is 0 Å². The number of rotatable bonds is 3. The minimum atomic E-state index is 0.188. The summed E-state index contributed by atoms with van der Waals surface area (Å²) in [6, 6.07) is 37.9. The van der Waals surface area contributed by atoms with E-state index in [1.807, 2.05) is 12.1 Å². The molecule has 0 radical (unpaired) electrons. The van der Waals surface area contributed by atoms with E-state index < -0.39 is 0 Å². The molecular formula is C31H18ClN3S. The minimum absolute atomic E-state index is 0.188. The lowest BCUT2D eigenvalue weighted by Crippen LogP contribution is -1.97. The Labute approximate surface area is 216 Å². The van der Waals surface area contributed by atoms with Crippen molar-refractivity contribution < 1.29 is 0 Å². The summed E-state index contributed by atoms with van der Waals surface area (Å²) in [5, 5.41) is 4.91. The Morgan fingerprint density at radius 2 is 1.22 bits per heavy atom. The molecule has 7 aromatic rings. The Balaban J connectivity index is 1.33. The van der Waals surface area contributed by atoms with Crippen molar-refractivity contribution in [3.05, 3.63) is 114 Å². The molecule has 0 unspecified atom stereocenters. The van der Waals surface area contributed by atoms with Gasteiger partial charge in [0, 0.05) is 31.3 Å². The Morgan fingerprint density at radius 3 is 2.08 bits per heavy atom. The fraction of sp³-hybridized carbons (Fsp3) is 0. The molecule has 0 aliphatic rings. The summed E-state index contributed by atoms with van der Waals surface area (Å²) < 4.78 is 2.39. The van der Waals surface area contributed by atoms with Crippen molar-refractivity contribution in [1.29, 1.82) is 0 Å². The van der Waals surface area contributed by atoms with Crippen molar-refractivity contribution in [3.63, 3.8) is 0 Å². The van der Waals surface area contributed by atoms with Crippen LogP contribution >= 0.6 is 22.9 Å². The van der Waals surface area contributed by atoms with Gasteiger partial charge in [-0.2, -0.15) is 9.97 Å². The molecule has 0 N–H and O–H groups in total. The highest BCUT2D eigenvalue weighted by Crippen LogP contribution is 2.39. The molecule has 5 aromatic carbocycles. The summed E-state index contributed by atoms with van der Waals surface area (Å²) >= 11 is 8.18. The van der Waals surface area contributed by atoms with E-state index in [-0.39, 0.29) is 5.28 Å². The number of hydrogen-bond acceptors (Lipinski definition) is 4. The second-order valence-corrected chi connectivity index (χ2v) is 10.1. The van der Waals surface area contributed by atoms with Gasteiger partial charge in [-0.25, -0.2) is 4.98 Å². The topological polar surface area (TPSA) is 38.7 Å². The number of aromatic nitrogens is 3. The van der Waals surface area contributed by atoms with Crippen LogP contribution in [0.15, 0.2) is 109 Å². The quantitative estimate of drug-likeness (QED) is 0.243. The van der Waals surface area contributed by atoms with Gasteiger partial charge in [0.1, 0.15) is 0 Å². The minimum Gasteiger partial charge on any atom is -0.208 e. The molecule has 2 aromatic heterocycles. The standard InChI is InChI=1S/C31H18ClN3S/c32-31-34-29(23-16-15-21-17-20(13-14-22(21)18-23)19-7-2-1-3-8-19)33-30(35-31)26-11-6-10-25-24-9-4-5-12-27(24)36-28(25)26/h1-18H. The largest absolute Gasteiger partial charge is 0.226 e. The van der Waals surface area contributed by atoms with Crippen molar-refractivity contribution in [2.24, 2.45) is 0 Å². The number of thiophene rings is 1. The zero-order valence-corrected chi connectivity index (χ0v) is 20.6. The average Bonchev–Trinajstić information content (AvgIpc) is 3.31. The van der Waals surface area contributed by atoms with Crippen LogP contribution in [0.5, 0.6) is 0 Å². The molecule has 0 saturated heterocycles. The molecule has 36 heavy (non-hydrogen) atoms. The lowest BCUT2D eigenvalue weighted by atomic mass is 10.00. The van der Waals surface area contributed by atoms with E-state index in [1.165, 1.54) is 26.6 Å². The van der Waals surface area contributed by atoms with Gasteiger partial charge in [-0.15, -0.1) is 11.3 Å². The van der Waals surface area contributed by atoms with Gasteiger partial charge in [-0.05, 0) is 57.8 Å². The molecule has 0 aliphatic carbocycles. The highest BCUT2D eigenvalue weighted by molar-refractivity contribution is 7.26. The third-order valence-corrected chi connectivity index (χ3v) is 7.85. The van der Waals surface area contributed by atoms with Crippen LogP contribution in [0, 0.1) is 0 Å². The summed E-state index contributed by atoms with van der Waals surface area (Å²) in [5.41, 5.74) is 4.27. The van der Waals surface area contributed by atoms with Crippen LogP contribution in [-0.4, -0.2) is 15.0 Å². The van der Waals surface area contributed by atoms with E-state index in [9.17, 15) is 0 Å². The molecule has 3 nitrogen and oxygen atoms in total. The van der Waals surface area contributed by atoms with E-state index in [4.69, 9.17) is 16.6 Å². The van der Waals surface area contributed by atoms with E-state index in [2.05, 4.69) is 107 Å². The number of fused-ring (bicyclic) bond motifs is 4. The van der Waals surface area contributed by atoms with E-state index in [0.29, 0.717) is 11.6 Å². The zero-order chi connectivity index (χ0) is 24.1. The van der Waals surface area contributed by atoms with Crippen LogP contribution < -0.4 is 0 Å². The van der Waals surface area contributed by atoms with E-state index in [0.717, 1.165) is 26.6 Å². The maximum atomic E-state index is 6.43. The van der Waals surface area contributed by atoms with Crippen LogP contribution in [0.3, 0.4) is 0 Å². The van der Waals surface area contributed by atoms with Gasteiger partial charge in [-0.1, -0.05) is 84.9 Å². The zero-order valence-electron chi connectivity index (χ0n) is 19.0. The SMILES string of the molecule is Clc1nc(-c2ccc3cc(-c4ccccc4)ccc3c2)nc(-c2cccc3c2sc2ccccc23)n1. The Kier molecular flexibility index (Phi) is 5.01. The van der Waals surface area contributed by atoms with Crippen LogP contribution in [0.1, 0.15) is 0 Å². The van der Waals surface area contributed by atoms with Crippen LogP contribution in [0.2, 0.25) is 5.28 Å². The molecule has 0 bridgehead atoms. The van der Waals surface area contributed by atoms with Gasteiger partial charge in [-0.3, -0.25) is 0 Å². The summed E-state index contributed by atoms with van der Waals surface area (Å²) in [7, 11) is 0. The molecule has 2 heterocycles. The Hall–Kier alpha value is -4.12. The molecular weight excluding hydrogens is 482 g/mol. The highest BCUT2D eigenvalue weighted by atomic mass is 35.5. The molecule has 170 valence electrons. The Bertz CT molecular complexity index is 1910. The first-order valence-corrected chi connectivity index (χ1v) is 12.8. The van der Waals surface area contributed by atoms with Crippen LogP contribution in [-0.2, 0) is 0 Å². The lowest BCUT2D eigenvalue weighted by Gasteiger charge is -2.08. The summed E-state index contributed by atoms with van der Waals surface area (Å²) in [6.45, 7) is 0. The lowest BCUT2D eigenvalue weighted by molar-refractivity contribution is 1.07. The monoisotopic (exact) mass is 499 g/mol.